The van der Waals surface area contributed by atoms with Gasteiger partial charge in [0.25, 0.3) is 5.91 Å². The Balaban J connectivity index is 1.53. The van der Waals surface area contributed by atoms with Crippen molar-refractivity contribution >= 4 is 5.91 Å². The summed E-state index contributed by atoms with van der Waals surface area (Å²) in [7, 11) is 0. The average molecular weight is 352 g/mol. The third kappa shape index (κ3) is 2.96. The number of carbonyl (C=O) groups excluding carboxylic acids is 1. The number of aromatic nitrogens is 3. The van der Waals surface area contributed by atoms with Crippen molar-refractivity contribution in [2.45, 2.75) is 25.7 Å². The number of amides is 1. The minimum absolute atomic E-state index is 0.0184. The van der Waals surface area contributed by atoms with Crippen molar-refractivity contribution in [2.75, 3.05) is 13.1 Å². The molecule has 0 aliphatic carbocycles. The highest BCUT2D eigenvalue weighted by Gasteiger charge is 2.28. The Bertz CT molecular complexity index is 946. The lowest BCUT2D eigenvalue weighted by Crippen LogP contribution is -2.38. The number of nitrogens with zero attached hydrogens (tertiary/aromatic N) is 3. The van der Waals surface area contributed by atoms with Crippen LogP contribution in [0.15, 0.2) is 52.1 Å². The van der Waals surface area contributed by atoms with E-state index in [1.165, 1.54) is 12.5 Å². The van der Waals surface area contributed by atoms with Gasteiger partial charge in [-0.05, 0) is 38.0 Å². The molecule has 1 N–H and O–H groups in total. The van der Waals surface area contributed by atoms with Gasteiger partial charge in [0.15, 0.2) is 0 Å². The predicted molar refractivity (Wildman–Crippen MR) is 95.5 cm³/mol. The van der Waals surface area contributed by atoms with E-state index in [1.807, 2.05) is 36.1 Å². The quantitative estimate of drug-likeness (QED) is 0.785. The second-order valence-electron chi connectivity index (χ2n) is 6.64. The number of piperidine rings is 1. The Morgan fingerprint density at radius 3 is 2.58 bits per heavy atom. The molecule has 134 valence electrons. The summed E-state index contributed by atoms with van der Waals surface area (Å²) < 4.78 is 6.63. The Kier molecular flexibility index (Phi) is 4.20. The van der Waals surface area contributed by atoms with Crippen LogP contribution in [0.3, 0.4) is 0 Å². The Morgan fingerprint density at radius 1 is 1.19 bits per heavy atom. The smallest absolute Gasteiger partial charge is 0.347 e. The van der Waals surface area contributed by atoms with Crippen LogP contribution in [0.2, 0.25) is 0 Å². The second kappa shape index (κ2) is 6.67. The number of nitrogens with one attached hydrogen (secondary N) is 1. The first-order chi connectivity index (χ1) is 12.6. The Hall–Kier alpha value is -3.09. The fourth-order valence-corrected chi connectivity index (χ4v) is 3.44. The third-order valence-electron chi connectivity index (χ3n) is 4.91. The van der Waals surface area contributed by atoms with Gasteiger partial charge in [0.05, 0.1) is 17.5 Å². The SMILES string of the molecule is Cc1ccc(-n2c(C3CCN(C(=O)c4ccoc4)CC3)n[nH]c2=O)cc1. The van der Waals surface area contributed by atoms with Crippen molar-refractivity contribution in [2.24, 2.45) is 0 Å². The van der Waals surface area contributed by atoms with Crippen LogP contribution in [0.5, 0.6) is 0 Å². The van der Waals surface area contributed by atoms with E-state index in [0.29, 0.717) is 18.7 Å². The van der Waals surface area contributed by atoms with Crippen LogP contribution in [0.1, 0.15) is 40.5 Å². The highest BCUT2D eigenvalue weighted by atomic mass is 16.3. The Labute approximate surface area is 150 Å². The van der Waals surface area contributed by atoms with Gasteiger partial charge < -0.3 is 9.32 Å². The van der Waals surface area contributed by atoms with E-state index in [1.54, 1.807) is 10.6 Å². The molecule has 2 aromatic heterocycles. The molecule has 0 unspecified atom stereocenters. The molecule has 1 amide bonds. The lowest BCUT2D eigenvalue weighted by molar-refractivity contribution is 0.0710. The number of carbonyl (C=O) groups is 1. The van der Waals surface area contributed by atoms with Gasteiger partial charge in [-0.15, -0.1) is 0 Å². The summed E-state index contributed by atoms with van der Waals surface area (Å²) >= 11 is 0. The molecule has 1 aromatic carbocycles. The highest BCUT2D eigenvalue weighted by Crippen LogP contribution is 2.28. The van der Waals surface area contributed by atoms with Crippen LogP contribution in [0.25, 0.3) is 5.69 Å². The third-order valence-corrected chi connectivity index (χ3v) is 4.91. The standard InChI is InChI=1S/C19H20N4O3/c1-13-2-4-16(5-3-13)23-17(20-21-19(23)25)14-6-9-22(10-7-14)18(24)15-8-11-26-12-15/h2-5,8,11-12,14H,6-7,9-10H2,1H3,(H,21,25). The lowest BCUT2D eigenvalue weighted by atomic mass is 9.95. The van der Waals surface area contributed by atoms with Gasteiger partial charge in [0.1, 0.15) is 12.1 Å². The van der Waals surface area contributed by atoms with Crippen LogP contribution in [-0.4, -0.2) is 38.7 Å². The lowest BCUT2D eigenvalue weighted by Gasteiger charge is -2.31. The molecule has 1 fully saturated rings. The fourth-order valence-electron chi connectivity index (χ4n) is 3.44. The molecular weight excluding hydrogens is 332 g/mol. The number of benzene rings is 1. The summed E-state index contributed by atoms with van der Waals surface area (Å²) in [6.45, 7) is 3.27. The van der Waals surface area contributed by atoms with Crippen LogP contribution in [-0.2, 0) is 0 Å². The van der Waals surface area contributed by atoms with E-state index in [-0.39, 0.29) is 17.5 Å². The number of hydrogen-bond acceptors (Lipinski definition) is 4. The molecule has 7 heteroatoms. The first-order valence-electron chi connectivity index (χ1n) is 8.69. The minimum atomic E-state index is -0.235. The van der Waals surface area contributed by atoms with Gasteiger partial charge in [0, 0.05) is 19.0 Å². The average Bonchev–Trinajstić information content (AvgIpc) is 3.32. The number of furan rings is 1. The molecule has 0 bridgehead atoms. The normalized spacial score (nSPS) is 15.3. The van der Waals surface area contributed by atoms with E-state index in [0.717, 1.165) is 29.9 Å². The molecule has 0 saturated carbocycles. The first kappa shape index (κ1) is 16.4. The zero-order valence-electron chi connectivity index (χ0n) is 14.5. The summed E-state index contributed by atoms with van der Waals surface area (Å²) in [5.41, 5.74) is 2.28. The van der Waals surface area contributed by atoms with Crippen molar-refractivity contribution in [3.8, 4) is 5.69 Å². The Morgan fingerprint density at radius 2 is 1.92 bits per heavy atom. The maximum atomic E-state index is 12.4. The molecule has 1 aliphatic heterocycles. The number of aromatic amines is 1. The van der Waals surface area contributed by atoms with Gasteiger partial charge in [-0.3, -0.25) is 4.79 Å². The summed E-state index contributed by atoms with van der Waals surface area (Å²) in [6.07, 6.45) is 4.50. The number of H-pyrrole nitrogens is 1. The zero-order valence-corrected chi connectivity index (χ0v) is 14.5. The van der Waals surface area contributed by atoms with E-state index < -0.39 is 0 Å². The molecule has 7 nitrogen and oxygen atoms in total. The van der Waals surface area contributed by atoms with Gasteiger partial charge in [-0.1, -0.05) is 17.7 Å². The maximum absolute atomic E-state index is 12.4. The van der Waals surface area contributed by atoms with Crippen molar-refractivity contribution in [3.05, 3.63) is 70.3 Å². The number of aryl methyl sites for hydroxylation is 1. The minimum Gasteiger partial charge on any atom is -0.472 e. The van der Waals surface area contributed by atoms with Gasteiger partial charge in [-0.2, -0.15) is 5.10 Å². The fraction of sp³-hybridized carbons (Fsp3) is 0.316. The second-order valence-corrected chi connectivity index (χ2v) is 6.64. The maximum Gasteiger partial charge on any atom is 0.347 e. The summed E-state index contributed by atoms with van der Waals surface area (Å²) in [4.78, 5) is 26.5. The molecular formula is C19H20N4O3. The number of hydrogen-bond donors (Lipinski definition) is 1. The molecule has 0 atom stereocenters. The summed E-state index contributed by atoms with van der Waals surface area (Å²) in [5.74, 6) is 0.841. The van der Waals surface area contributed by atoms with Crippen LogP contribution in [0.4, 0.5) is 0 Å². The van der Waals surface area contributed by atoms with Crippen molar-refractivity contribution in [3.63, 3.8) is 0 Å². The van der Waals surface area contributed by atoms with Gasteiger partial charge in [0.2, 0.25) is 0 Å². The molecule has 26 heavy (non-hydrogen) atoms. The number of rotatable bonds is 3. The van der Waals surface area contributed by atoms with E-state index in [4.69, 9.17) is 4.42 Å². The van der Waals surface area contributed by atoms with Crippen molar-refractivity contribution in [1.29, 1.82) is 0 Å². The van der Waals surface area contributed by atoms with Crippen molar-refractivity contribution < 1.29 is 9.21 Å². The largest absolute Gasteiger partial charge is 0.472 e. The zero-order chi connectivity index (χ0) is 18.1. The van der Waals surface area contributed by atoms with Crippen molar-refractivity contribution in [1.82, 2.24) is 19.7 Å². The summed E-state index contributed by atoms with van der Waals surface area (Å²) in [6, 6.07) is 9.48. The molecule has 0 radical (unpaired) electrons. The van der Waals surface area contributed by atoms with Crippen LogP contribution < -0.4 is 5.69 Å². The number of likely N-dealkylation sites (tertiary alicyclic amines) is 1. The monoisotopic (exact) mass is 352 g/mol. The van der Waals surface area contributed by atoms with Gasteiger partial charge >= 0.3 is 5.69 Å². The predicted octanol–water partition coefficient (Wildman–Crippen LogP) is 2.48. The molecule has 4 rings (SSSR count). The van der Waals surface area contributed by atoms with Crippen LogP contribution in [0, 0.1) is 6.92 Å². The molecule has 1 aliphatic rings. The van der Waals surface area contributed by atoms with E-state index in [9.17, 15) is 9.59 Å². The first-order valence-corrected chi connectivity index (χ1v) is 8.69. The summed E-state index contributed by atoms with van der Waals surface area (Å²) in [5, 5.41) is 6.83. The van der Waals surface area contributed by atoms with E-state index >= 15 is 0 Å². The molecule has 3 aromatic rings. The molecule has 3 heterocycles. The van der Waals surface area contributed by atoms with E-state index in [2.05, 4.69) is 10.2 Å². The molecule has 1 saturated heterocycles. The highest BCUT2D eigenvalue weighted by molar-refractivity contribution is 5.93. The van der Waals surface area contributed by atoms with Crippen LogP contribution >= 0.6 is 0 Å². The molecule has 0 spiro atoms. The van der Waals surface area contributed by atoms with Gasteiger partial charge in [-0.25, -0.2) is 14.5 Å². The topological polar surface area (TPSA) is 84.1 Å².